The zero-order valence-electron chi connectivity index (χ0n) is 2.55. The Morgan fingerprint density at radius 1 is 1.20 bits per heavy atom. The number of hydrogen-bond donors (Lipinski definition) is 0. The van der Waals surface area contributed by atoms with Gasteiger partial charge in [-0.1, -0.05) is 0 Å². The van der Waals surface area contributed by atoms with Crippen molar-refractivity contribution in [2.45, 2.75) is 0 Å². The molecule has 0 aliphatic heterocycles. The van der Waals surface area contributed by atoms with Crippen LogP contribution in [0.25, 0.3) is 0 Å². The molecule has 0 aliphatic rings. The minimum Gasteiger partial charge on any atom is -0.208 e. The maximum atomic E-state index is 3.33. The minimum absolute atomic E-state index is 2.11. The van der Waals surface area contributed by atoms with E-state index in [1.165, 1.54) is 0 Å². The maximum Gasteiger partial charge on any atom is 0.0960 e. The largest absolute Gasteiger partial charge is 0.208 e. The molecule has 0 aromatic rings. The van der Waals surface area contributed by atoms with Crippen molar-refractivity contribution in [2.24, 2.45) is 9.53 Å². The van der Waals surface area contributed by atoms with Gasteiger partial charge < -0.3 is 0 Å². The molecule has 0 rings (SSSR count). The van der Waals surface area contributed by atoms with Crippen molar-refractivity contribution in [1.29, 1.82) is 0 Å². The highest BCUT2D eigenvalue weighted by Crippen LogP contribution is 1.77. The van der Waals surface area contributed by atoms with Gasteiger partial charge >= 0.3 is 0 Å². The second-order valence-electron chi connectivity index (χ2n) is 0.358. The molecule has 2 atom stereocenters. The molecule has 0 bridgehead atoms. The van der Waals surface area contributed by atoms with Crippen molar-refractivity contribution >= 4 is 24.8 Å². The van der Waals surface area contributed by atoms with Crippen LogP contribution in [0, 0.1) is 0 Å². The SMILES string of the molecule is PN=C=NP. The Morgan fingerprint density at radius 3 is 1.60 bits per heavy atom. The molecule has 0 aromatic heterocycles. The van der Waals surface area contributed by atoms with Gasteiger partial charge in [0.05, 0.1) is 6.01 Å². The van der Waals surface area contributed by atoms with Gasteiger partial charge in [-0.3, -0.25) is 0 Å². The number of rotatable bonds is 0. The first kappa shape index (κ1) is 5.24. The summed E-state index contributed by atoms with van der Waals surface area (Å²) in [6.45, 7) is 0. The van der Waals surface area contributed by atoms with Gasteiger partial charge in [0.2, 0.25) is 0 Å². The molecule has 0 saturated carbocycles. The molecule has 0 N–H and O–H groups in total. The summed E-state index contributed by atoms with van der Waals surface area (Å²) in [6, 6.07) is 2.29. The van der Waals surface area contributed by atoms with Crippen LogP contribution >= 0.6 is 18.8 Å². The molecule has 0 aliphatic carbocycles. The second-order valence-corrected chi connectivity index (χ2v) is 0.875. The third-order valence-electron chi connectivity index (χ3n) is 0.115. The predicted molar refractivity (Wildman–Crippen MR) is 29.3 cm³/mol. The summed E-state index contributed by atoms with van der Waals surface area (Å²) in [5.74, 6) is 0. The van der Waals surface area contributed by atoms with E-state index in [1.807, 2.05) is 0 Å². The van der Waals surface area contributed by atoms with Gasteiger partial charge in [-0.15, -0.1) is 0 Å². The van der Waals surface area contributed by atoms with E-state index >= 15 is 0 Å². The fraction of sp³-hybridized carbons (Fsp3) is 0. The first-order valence-electron chi connectivity index (χ1n) is 0.964. The highest BCUT2D eigenvalue weighted by atomic mass is 31.0. The van der Waals surface area contributed by atoms with E-state index in [4.69, 9.17) is 0 Å². The van der Waals surface area contributed by atoms with Crippen molar-refractivity contribution in [3.8, 4) is 0 Å². The number of hydrogen-bond acceptors (Lipinski definition) is 2. The van der Waals surface area contributed by atoms with Crippen LogP contribution in [0.5, 0.6) is 0 Å². The summed E-state index contributed by atoms with van der Waals surface area (Å²) >= 11 is 0. The van der Waals surface area contributed by atoms with Crippen LogP contribution in [0.3, 0.4) is 0 Å². The molecule has 28 valence electrons. The van der Waals surface area contributed by atoms with Crippen molar-refractivity contribution in [3.63, 3.8) is 0 Å². The molecule has 4 heteroatoms. The fourth-order valence-electron chi connectivity index (χ4n) is 0.0333. The first-order chi connectivity index (χ1) is 2.41. The van der Waals surface area contributed by atoms with Crippen molar-refractivity contribution < 1.29 is 0 Å². The summed E-state index contributed by atoms with van der Waals surface area (Å²) in [4.78, 5) is 0. The van der Waals surface area contributed by atoms with E-state index in [0.29, 0.717) is 0 Å². The standard InChI is InChI=1S/CH4N2P2/c4-2-1-3-5/h4-5H2. The average Bonchev–Trinajstić information content (AvgIpc) is 1.41. The van der Waals surface area contributed by atoms with Crippen LogP contribution in [0.2, 0.25) is 0 Å². The first-order valence-corrected chi connectivity index (χ1v) is 2.00. The molecule has 0 spiro atoms. The Balaban J connectivity index is 3.26. The van der Waals surface area contributed by atoms with Crippen LogP contribution in [-0.2, 0) is 0 Å². The third kappa shape index (κ3) is 4.24. The van der Waals surface area contributed by atoms with Gasteiger partial charge in [-0.2, -0.15) is 0 Å². The van der Waals surface area contributed by atoms with Crippen molar-refractivity contribution in [3.05, 3.63) is 0 Å². The van der Waals surface area contributed by atoms with E-state index in [0.717, 1.165) is 0 Å². The molecule has 0 radical (unpaired) electrons. The lowest BCUT2D eigenvalue weighted by Gasteiger charge is -1.50. The Kier molecular flexibility index (Phi) is 4.44. The molecule has 2 unspecified atom stereocenters. The summed E-state index contributed by atoms with van der Waals surface area (Å²) in [7, 11) is 4.21. The van der Waals surface area contributed by atoms with Gasteiger partial charge in [0.25, 0.3) is 0 Å². The third-order valence-corrected chi connectivity index (χ3v) is 0.346. The lowest BCUT2D eigenvalue weighted by Crippen LogP contribution is -1.28. The molecule has 0 amide bonds. The fourth-order valence-corrected chi connectivity index (χ4v) is 0.300. The highest BCUT2D eigenvalue weighted by Gasteiger charge is 1.34. The van der Waals surface area contributed by atoms with E-state index < -0.39 is 0 Å². The smallest absolute Gasteiger partial charge is 0.0960 e. The van der Waals surface area contributed by atoms with Gasteiger partial charge in [0.15, 0.2) is 0 Å². The predicted octanol–water partition coefficient (Wildman–Crippen LogP) is 0.740. The van der Waals surface area contributed by atoms with Crippen LogP contribution < -0.4 is 0 Å². The molecule has 2 nitrogen and oxygen atoms in total. The van der Waals surface area contributed by atoms with Crippen molar-refractivity contribution in [1.82, 2.24) is 0 Å². The topological polar surface area (TPSA) is 24.7 Å². The monoisotopic (exact) mass is 106 g/mol. The van der Waals surface area contributed by atoms with Gasteiger partial charge in [-0.25, -0.2) is 9.53 Å². The van der Waals surface area contributed by atoms with Gasteiger partial charge in [0, 0.05) is 0 Å². The molecule has 0 heterocycles. The summed E-state index contributed by atoms with van der Waals surface area (Å²) in [5, 5.41) is 0. The van der Waals surface area contributed by atoms with Crippen LogP contribution in [0.1, 0.15) is 0 Å². The summed E-state index contributed by atoms with van der Waals surface area (Å²) in [5.41, 5.74) is 0. The quantitative estimate of drug-likeness (QED) is 0.321. The van der Waals surface area contributed by atoms with Crippen LogP contribution in [0.15, 0.2) is 9.53 Å². The molecule has 0 saturated heterocycles. The van der Waals surface area contributed by atoms with Gasteiger partial charge in [0.1, 0.15) is 0 Å². The molecular weight excluding hydrogens is 102 g/mol. The van der Waals surface area contributed by atoms with Crippen molar-refractivity contribution in [2.75, 3.05) is 0 Å². The van der Waals surface area contributed by atoms with E-state index in [1.54, 1.807) is 0 Å². The molecule has 0 fully saturated rings. The summed E-state index contributed by atoms with van der Waals surface area (Å²) in [6.07, 6.45) is 0. The Morgan fingerprint density at radius 2 is 1.60 bits per heavy atom. The minimum atomic E-state index is 2.11. The highest BCUT2D eigenvalue weighted by molar-refractivity contribution is 7.16. The van der Waals surface area contributed by atoms with E-state index in [-0.39, 0.29) is 0 Å². The molecular formula is CH4N2P2. The van der Waals surface area contributed by atoms with E-state index in [2.05, 4.69) is 34.3 Å². The molecule has 5 heavy (non-hydrogen) atoms. The van der Waals surface area contributed by atoms with E-state index in [9.17, 15) is 0 Å². The van der Waals surface area contributed by atoms with Crippen LogP contribution in [-0.4, -0.2) is 6.01 Å². The zero-order chi connectivity index (χ0) is 4.12. The average molecular weight is 106 g/mol. The Labute approximate surface area is 35.3 Å². The number of nitrogens with zero attached hydrogens (tertiary/aromatic N) is 2. The lowest BCUT2D eigenvalue weighted by molar-refractivity contribution is 1.91. The maximum absolute atomic E-state index is 3.33. The zero-order valence-corrected chi connectivity index (χ0v) is 4.86. The van der Waals surface area contributed by atoms with Crippen LogP contribution in [0.4, 0.5) is 0 Å². The lowest BCUT2D eigenvalue weighted by atomic mass is 11.6. The Bertz CT molecular complexity index is 56.0. The van der Waals surface area contributed by atoms with Gasteiger partial charge in [-0.05, 0) is 18.8 Å². The normalized spacial score (nSPS) is 5.20. The molecule has 0 aromatic carbocycles. The Hall–Kier alpha value is 0.240. The summed E-state index contributed by atoms with van der Waals surface area (Å²) < 4.78 is 6.67. The second kappa shape index (κ2) is 4.24.